The smallest absolute Gasteiger partial charge is 0.0243 e. The molecule has 2 heteroatoms. The van der Waals surface area contributed by atoms with E-state index in [2.05, 4.69) is 58.8 Å². The van der Waals surface area contributed by atoms with Crippen molar-refractivity contribution in [3.8, 4) is 0 Å². The Labute approximate surface area is 96.4 Å². The van der Waals surface area contributed by atoms with Gasteiger partial charge in [-0.1, -0.05) is 34.6 Å². The molecule has 15 heavy (non-hydrogen) atoms. The number of hydrogen-bond acceptors (Lipinski definition) is 2. The molecule has 2 unspecified atom stereocenters. The van der Waals surface area contributed by atoms with Gasteiger partial charge in [0.15, 0.2) is 0 Å². The first-order valence-electron chi connectivity index (χ1n) is 6.08. The van der Waals surface area contributed by atoms with Gasteiger partial charge in [0.25, 0.3) is 0 Å². The van der Waals surface area contributed by atoms with E-state index in [1.807, 2.05) is 7.05 Å². The number of nitrogens with one attached hydrogen (secondary N) is 1. The fraction of sp³-hybridized carbons (Fsp3) is 1.00. The molecule has 1 N–H and O–H groups in total. The third-order valence-corrected chi connectivity index (χ3v) is 3.57. The molecule has 0 aliphatic heterocycles. The Morgan fingerprint density at radius 2 is 1.60 bits per heavy atom. The second kappa shape index (κ2) is 5.86. The Kier molecular flexibility index (Phi) is 5.82. The van der Waals surface area contributed by atoms with Gasteiger partial charge in [-0.2, -0.15) is 0 Å². The van der Waals surface area contributed by atoms with Gasteiger partial charge < -0.3 is 5.32 Å². The summed E-state index contributed by atoms with van der Waals surface area (Å²) in [5.41, 5.74) is 0.343. The van der Waals surface area contributed by atoms with Crippen LogP contribution in [0.5, 0.6) is 0 Å². The Morgan fingerprint density at radius 3 is 1.87 bits per heavy atom. The van der Waals surface area contributed by atoms with Gasteiger partial charge in [-0.15, -0.1) is 0 Å². The van der Waals surface area contributed by atoms with Crippen LogP contribution >= 0.6 is 0 Å². The Hall–Kier alpha value is -0.0800. The molecule has 0 aromatic carbocycles. The summed E-state index contributed by atoms with van der Waals surface area (Å²) in [5, 5.41) is 3.29. The molecule has 0 radical (unpaired) electrons. The fourth-order valence-electron chi connectivity index (χ4n) is 1.96. The van der Waals surface area contributed by atoms with Gasteiger partial charge in [-0.3, -0.25) is 4.90 Å². The van der Waals surface area contributed by atoms with Crippen LogP contribution in [0.15, 0.2) is 0 Å². The lowest BCUT2D eigenvalue weighted by Crippen LogP contribution is -2.50. The molecular weight excluding hydrogens is 184 g/mol. The lowest BCUT2D eigenvalue weighted by Gasteiger charge is -2.41. The molecule has 0 aliphatic rings. The molecule has 0 rings (SSSR count). The lowest BCUT2D eigenvalue weighted by molar-refractivity contribution is 0.0754. The molecule has 2 atom stereocenters. The third kappa shape index (κ3) is 4.52. The lowest BCUT2D eigenvalue weighted by atomic mass is 9.85. The summed E-state index contributed by atoms with van der Waals surface area (Å²) < 4.78 is 0. The minimum Gasteiger partial charge on any atom is -0.318 e. The minimum atomic E-state index is 0.343. The predicted molar refractivity (Wildman–Crippen MR) is 69.2 cm³/mol. The summed E-state index contributed by atoms with van der Waals surface area (Å²) in [6.45, 7) is 14.9. The van der Waals surface area contributed by atoms with E-state index in [1.165, 1.54) is 0 Å². The van der Waals surface area contributed by atoms with Crippen molar-refractivity contribution in [1.82, 2.24) is 10.2 Å². The van der Waals surface area contributed by atoms with Gasteiger partial charge in [0.2, 0.25) is 0 Å². The van der Waals surface area contributed by atoms with Crippen molar-refractivity contribution in [2.24, 2.45) is 11.3 Å². The third-order valence-electron chi connectivity index (χ3n) is 3.57. The van der Waals surface area contributed by atoms with E-state index in [1.54, 1.807) is 0 Å². The number of likely N-dealkylation sites (N-methyl/N-ethyl adjacent to an activating group) is 2. The molecule has 0 saturated heterocycles. The van der Waals surface area contributed by atoms with Crippen molar-refractivity contribution >= 4 is 0 Å². The largest absolute Gasteiger partial charge is 0.318 e. The van der Waals surface area contributed by atoms with Gasteiger partial charge in [0, 0.05) is 18.6 Å². The van der Waals surface area contributed by atoms with E-state index in [4.69, 9.17) is 0 Å². The average molecular weight is 214 g/mol. The Bertz CT molecular complexity index is 170. The SMILES string of the molecule is CNCC(C(C)C)N(C)C(C)C(C)(C)C. The zero-order chi connectivity index (χ0) is 12.2. The molecule has 2 nitrogen and oxygen atoms in total. The average Bonchev–Trinajstić information content (AvgIpc) is 2.09. The van der Waals surface area contributed by atoms with E-state index in [-0.39, 0.29) is 0 Å². The van der Waals surface area contributed by atoms with Crippen molar-refractivity contribution in [3.63, 3.8) is 0 Å². The second-order valence-corrected chi connectivity index (χ2v) is 6.08. The van der Waals surface area contributed by atoms with Gasteiger partial charge in [0.05, 0.1) is 0 Å². The van der Waals surface area contributed by atoms with Crippen molar-refractivity contribution in [2.45, 2.75) is 53.6 Å². The highest BCUT2D eigenvalue weighted by Crippen LogP contribution is 2.25. The summed E-state index contributed by atoms with van der Waals surface area (Å²) in [6, 6.07) is 1.21. The molecule has 0 saturated carbocycles. The molecule has 0 spiro atoms. The number of nitrogens with zero attached hydrogens (tertiary/aromatic N) is 1. The Balaban J connectivity index is 4.55. The first-order valence-corrected chi connectivity index (χ1v) is 6.08. The quantitative estimate of drug-likeness (QED) is 0.757. The zero-order valence-corrected chi connectivity index (χ0v) is 11.9. The topological polar surface area (TPSA) is 15.3 Å². The highest BCUT2D eigenvalue weighted by molar-refractivity contribution is 4.84. The van der Waals surface area contributed by atoms with Crippen molar-refractivity contribution in [3.05, 3.63) is 0 Å². The van der Waals surface area contributed by atoms with Crippen molar-refractivity contribution in [2.75, 3.05) is 20.6 Å². The van der Waals surface area contributed by atoms with Gasteiger partial charge in [-0.05, 0) is 32.4 Å². The van der Waals surface area contributed by atoms with Crippen LogP contribution in [0.2, 0.25) is 0 Å². The molecule has 0 amide bonds. The van der Waals surface area contributed by atoms with E-state index in [9.17, 15) is 0 Å². The fourth-order valence-corrected chi connectivity index (χ4v) is 1.96. The summed E-state index contributed by atoms with van der Waals surface area (Å²) in [4.78, 5) is 2.52. The van der Waals surface area contributed by atoms with Crippen LogP contribution in [-0.4, -0.2) is 37.6 Å². The van der Waals surface area contributed by atoms with Gasteiger partial charge >= 0.3 is 0 Å². The maximum atomic E-state index is 3.29. The molecule has 92 valence electrons. The molecule has 0 aromatic heterocycles. The van der Waals surface area contributed by atoms with Gasteiger partial charge in [-0.25, -0.2) is 0 Å². The predicted octanol–water partition coefficient (Wildman–Crippen LogP) is 2.60. The van der Waals surface area contributed by atoms with Crippen LogP contribution in [0.25, 0.3) is 0 Å². The van der Waals surface area contributed by atoms with Crippen molar-refractivity contribution in [1.29, 1.82) is 0 Å². The maximum absolute atomic E-state index is 3.29. The normalized spacial score (nSPS) is 17.2. The minimum absolute atomic E-state index is 0.343. The van der Waals surface area contributed by atoms with E-state index in [0.717, 1.165) is 6.54 Å². The highest BCUT2D eigenvalue weighted by atomic mass is 15.2. The van der Waals surface area contributed by atoms with Gasteiger partial charge in [0.1, 0.15) is 0 Å². The van der Waals surface area contributed by atoms with Crippen LogP contribution in [-0.2, 0) is 0 Å². The maximum Gasteiger partial charge on any atom is 0.0243 e. The molecule has 0 fully saturated rings. The monoisotopic (exact) mass is 214 g/mol. The molecule has 0 aliphatic carbocycles. The van der Waals surface area contributed by atoms with E-state index >= 15 is 0 Å². The summed E-state index contributed by atoms with van der Waals surface area (Å²) in [5.74, 6) is 0.687. The second-order valence-electron chi connectivity index (χ2n) is 6.08. The van der Waals surface area contributed by atoms with Crippen molar-refractivity contribution < 1.29 is 0 Å². The van der Waals surface area contributed by atoms with Crippen LogP contribution in [0, 0.1) is 11.3 Å². The zero-order valence-electron chi connectivity index (χ0n) is 11.9. The molecular formula is C13H30N2. The van der Waals surface area contributed by atoms with Crippen LogP contribution < -0.4 is 5.32 Å². The number of rotatable bonds is 5. The summed E-state index contributed by atoms with van der Waals surface area (Å²) in [6.07, 6.45) is 0. The summed E-state index contributed by atoms with van der Waals surface area (Å²) in [7, 11) is 4.28. The van der Waals surface area contributed by atoms with Crippen LogP contribution in [0.1, 0.15) is 41.5 Å². The standard InChI is InChI=1S/C13H30N2/c1-10(2)12(9-14-7)15(8)11(3)13(4,5)6/h10-12,14H,9H2,1-8H3. The van der Waals surface area contributed by atoms with Crippen LogP contribution in [0.4, 0.5) is 0 Å². The van der Waals surface area contributed by atoms with E-state index < -0.39 is 0 Å². The first kappa shape index (κ1) is 14.9. The molecule has 0 heterocycles. The summed E-state index contributed by atoms with van der Waals surface area (Å²) >= 11 is 0. The highest BCUT2D eigenvalue weighted by Gasteiger charge is 2.29. The van der Waals surface area contributed by atoms with Crippen LogP contribution in [0.3, 0.4) is 0 Å². The Morgan fingerprint density at radius 1 is 1.13 bits per heavy atom. The number of hydrogen-bond donors (Lipinski definition) is 1. The molecule has 0 aromatic rings. The first-order chi connectivity index (χ1) is 6.71. The molecule has 0 bridgehead atoms. The van der Waals surface area contributed by atoms with E-state index in [0.29, 0.717) is 23.4 Å².